The van der Waals surface area contributed by atoms with Crippen LogP contribution in [0.2, 0.25) is 0 Å². The number of rotatable bonds is 1. The van der Waals surface area contributed by atoms with E-state index < -0.39 is 0 Å². The van der Waals surface area contributed by atoms with Gasteiger partial charge in [0.1, 0.15) is 0 Å². The first-order valence-corrected chi connectivity index (χ1v) is 6.29. The maximum Gasteiger partial charge on any atom is 0.158 e. The molecule has 88 valence electrons. The molecule has 2 rings (SSSR count). The van der Waals surface area contributed by atoms with Gasteiger partial charge in [-0.05, 0) is 55.9 Å². The summed E-state index contributed by atoms with van der Waals surface area (Å²) in [5, 5.41) is 0. The van der Waals surface area contributed by atoms with E-state index in [0.29, 0.717) is 23.0 Å². The molecule has 0 unspecified atom stereocenters. The number of carbonyl (C=O) groups excluding carboxylic acids is 1. The molecule has 0 spiro atoms. The van der Waals surface area contributed by atoms with Crippen molar-refractivity contribution in [2.24, 2.45) is 17.3 Å². The number of fused-ring (bicyclic) bond motifs is 1. The maximum atomic E-state index is 12.0. The van der Waals surface area contributed by atoms with E-state index in [2.05, 4.69) is 26.5 Å². The first-order valence-electron chi connectivity index (χ1n) is 6.29. The van der Waals surface area contributed by atoms with E-state index >= 15 is 0 Å². The standard InChI is InChI=1S/C15H22O/c1-10(2)12-6-8-15(4)7-5-11(3)14(16)9-13(12)15/h5,12-13H,1,6-9H2,2-4H3/t12-,13-,15-/m0/s1. The summed E-state index contributed by atoms with van der Waals surface area (Å²) in [6.07, 6.45) is 6.42. The Labute approximate surface area is 98.6 Å². The number of carbonyl (C=O) groups is 1. The van der Waals surface area contributed by atoms with E-state index in [9.17, 15) is 4.79 Å². The number of hydrogen-bond acceptors (Lipinski definition) is 1. The summed E-state index contributed by atoms with van der Waals surface area (Å²) >= 11 is 0. The van der Waals surface area contributed by atoms with Crippen LogP contribution in [0, 0.1) is 17.3 Å². The van der Waals surface area contributed by atoms with Crippen LogP contribution in [-0.2, 0) is 4.79 Å². The Kier molecular flexibility index (Phi) is 2.81. The van der Waals surface area contributed by atoms with Crippen molar-refractivity contribution in [2.75, 3.05) is 0 Å². The third-order valence-corrected chi connectivity index (χ3v) is 4.76. The fourth-order valence-corrected chi connectivity index (χ4v) is 3.45. The van der Waals surface area contributed by atoms with E-state index in [0.717, 1.165) is 18.4 Å². The minimum atomic E-state index is 0.330. The molecule has 0 bridgehead atoms. The van der Waals surface area contributed by atoms with Crippen molar-refractivity contribution in [3.8, 4) is 0 Å². The molecule has 1 nitrogen and oxygen atoms in total. The topological polar surface area (TPSA) is 17.1 Å². The van der Waals surface area contributed by atoms with E-state index in [1.165, 1.54) is 18.4 Å². The summed E-state index contributed by atoms with van der Waals surface area (Å²) in [4.78, 5) is 12.0. The number of Topliss-reactive ketones (excluding diaryl/α,β-unsaturated/α-hetero) is 1. The molecule has 0 heterocycles. The van der Waals surface area contributed by atoms with Gasteiger partial charge in [0.25, 0.3) is 0 Å². The third-order valence-electron chi connectivity index (χ3n) is 4.76. The van der Waals surface area contributed by atoms with Crippen molar-refractivity contribution in [1.82, 2.24) is 0 Å². The lowest BCUT2D eigenvalue weighted by Gasteiger charge is -2.32. The van der Waals surface area contributed by atoms with Crippen molar-refractivity contribution < 1.29 is 4.79 Å². The largest absolute Gasteiger partial charge is 0.295 e. The highest BCUT2D eigenvalue weighted by molar-refractivity contribution is 5.95. The highest BCUT2D eigenvalue weighted by Gasteiger charge is 2.46. The molecule has 1 saturated carbocycles. The van der Waals surface area contributed by atoms with Crippen molar-refractivity contribution in [3.05, 3.63) is 23.8 Å². The lowest BCUT2D eigenvalue weighted by atomic mass is 9.72. The lowest BCUT2D eigenvalue weighted by Crippen LogP contribution is -2.26. The quantitative estimate of drug-likeness (QED) is 0.610. The second kappa shape index (κ2) is 3.87. The highest BCUT2D eigenvalue weighted by Crippen LogP contribution is 2.54. The van der Waals surface area contributed by atoms with Crippen LogP contribution in [0.3, 0.4) is 0 Å². The van der Waals surface area contributed by atoms with Crippen LogP contribution in [0.15, 0.2) is 23.8 Å². The van der Waals surface area contributed by atoms with Crippen LogP contribution < -0.4 is 0 Å². The highest BCUT2D eigenvalue weighted by atomic mass is 16.1. The van der Waals surface area contributed by atoms with Crippen LogP contribution >= 0.6 is 0 Å². The van der Waals surface area contributed by atoms with Gasteiger partial charge in [0, 0.05) is 6.42 Å². The van der Waals surface area contributed by atoms with Gasteiger partial charge in [-0.15, -0.1) is 0 Å². The molecule has 1 fully saturated rings. The normalized spacial score (nSPS) is 38.9. The predicted molar refractivity (Wildman–Crippen MR) is 67.1 cm³/mol. The minimum Gasteiger partial charge on any atom is -0.295 e. The van der Waals surface area contributed by atoms with E-state index in [-0.39, 0.29) is 0 Å². The molecule has 0 aromatic heterocycles. The molecular formula is C15H22O. The van der Waals surface area contributed by atoms with Gasteiger partial charge in [-0.1, -0.05) is 25.2 Å². The fraction of sp³-hybridized carbons (Fsp3) is 0.667. The van der Waals surface area contributed by atoms with Gasteiger partial charge >= 0.3 is 0 Å². The van der Waals surface area contributed by atoms with Gasteiger partial charge in [0.2, 0.25) is 0 Å². The summed E-state index contributed by atoms with van der Waals surface area (Å²) in [5.74, 6) is 1.43. The first-order chi connectivity index (χ1) is 7.44. The van der Waals surface area contributed by atoms with Crippen molar-refractivity contribution >= 4 is 5.78 Å². The summed E-state index contributed by atoms with van der Waals surface area (Å²) in [5.41, 5.74) is 2.56. The molecule has 2 aliphatic carbocycles. The SMILES string of the molecule is C=C(C)[C@@H]1CC[C@]2(C)CC=C(C)C(=O)C[C@@H]12. The molecule has 0 aromatic carbocycles. The molecule has 3 atom stereocenters. The van der Waals surface area contributed by atoms with Gasteiger partial charge in [-0.3, -0.25) is 4.79 Å². The zero-order valence-electron chi connectivity index (χ0n) is 10.7. The number of hydrogen-bond donors (Lipinski definition) is 0. The fourth-order valence-electron chi connectivity index (χ4n) is 3.45. The molecule has 2 aliphatic rings. The zero-order chi connectivity index (χ0) is 11.9. The lowest BCUT2D eigenvalue weighted by molar-refractivity contribution is -0.117. The molecule has 0 radical (unpaired) electrons. The molecule has 0 N–H and O–H groups in total. The van der Waals surface area contributed by atoms with E-state index in [1.807, 2.05) is 6.92 Å². The Hall–Kier alpha value is -0.850. The molecule has 16 heavy (non-hydrogen) atoms. The van der Waals surface area contributed by atoms with Gasteiger partial charge < -0.3 is 0 Å². The van der Waals surface area contributed by atoms with Gasteiger partial charge in [0.05, 0.1) is 0 Å². The average Bonchev–Trinajstić information content (AvgIpc) is 2.49. The van der Waals surface area contributed by atoms with Crippen LogP contribution in [0.5, 0.6) is 0 Å². The maximum absolute atomic E-state index is 12.0. The monoisotopic (exact) mass is 218 g/mol. The van der Waals surface area contributed by atoms with Crippen LogP contribution in [0.1, 0.15) is 46.5 Å². The zero-order valence-corrected chi connectivity index (χ0v) is 10.7. The summed E-state index contributed by atoms with van der Waals surface area (Å²) < 4.78 is 0. The molecule has 0 amide bonds. The van der Waals surface area contributed by atoms with Crippen molar-refractivity contribution in [3.63, 3.8) is 0 Å². The smallest absolute Gasteiger partial charge is 0.158 e. The van der Waals surface area contributed by atoms with Crippen LogP contribution in [-0.4, -0.2) is 5.78 Å². The Morgan fingerprint density at radius 3 is 2.88 bits per heavy atom. The minimum absolute atomic E-state index is 0.330. The molecule has 0 saturated heterocycles. The summed E-state index contributed by atoms with van der Waals surface area (Å²) in [6.45, 7) is 10.5. The van der Waals surface area contributed by atoms with Gasteiger partial charge in [0.15, 0.2) is 5.78 Å². The predicted octanol–water partition coefficient (Wildman–Crippen LogP) is 3.90. The van der Waals surface area contributed by atoms with Crippen LogP contribution in [0.4, 0.5) is 0 Å². The second-order valence-electron chi connectivity index (χ2n) is 5.97. The Bertz CT molecular complexity index is 364. The first kappa shape index (κ1) is 11.6. The van der Waals surface area contributed by atoms with Gasteiger partial charge in [-0.2, -0.15) is 0 Å². The Balaban J connectivity index is 2.30. The van der Waals surface area contributed by atoms with Crippen molar-refractivity contribution in [2.45, 2.75) is 46.5 Å². The molecule has 0 aromatic rings. The van der Waals surface area contributed by atoms with Gasteiger partial charge in [-0.25, -0.2) is 0 Å². The summed E-state index contributed by atoms with van der Waals surface area (Å²) in [6, 6.07) is 0. The van der Waals surface area contributed by atoms with E-state index in [1.54, 1.807) is 0 Å². The molecule has 0 aliphatic heterocycles. The second-order valence-corrected chi connectivity index (χ2v) is 5.97. The third kappa shape index (κ3) is 1.77. The van der Waals surface area contributed by atoms with E-state index in [4.69, 9.17) is 0 Å². The van der Waals surface area contributed by atoms with Crippen LogP contribution in [0.25, 0.3) is 0 Å². The Morgan fingerprint density at radius 2 is 2.25 bits per heavy atom. The Morgan fingerprint density at radius 1 is 1.56 bits per heavy atom. The molecular weight excluding hydrogens is 196 g/mol. The average molecular weight is 218 g/mol. The summed E-state index contributed by atoms with van der Waals surface area (Å²) in [7, 11) is 0. The molecule has 1 heteroatoms. The van der Waals surface area contributed by atoms with Crippen molar-refractivity contribution in [1.29, 1.82) is 0 Å². The number of allylic oxidation sites excluding steroid dienone is 3. The number of ketones is 1.